The van der Waals surface area contributed by atoms with Crippen LogP contribution >= 0.6 is 0 Å². The van der Waals surface area contributed by atoms with Crippen molar-refractivity contribution in [1.82, 2.24) is 0 Å². The zero-order valence-corrected chi connectivity index (χ0v) is 33.4. The molecule has 4 aromatic rings. The largest absolute Gasteiger partial charge is 0.489 e. The van der Waals surface area contributed by atoms with Gasteiger partial charge in [0.25, 0.3) is 5.69 Å². The van der Waals surface area contributed by atoms with Crippen LogP contribution in [-0.4, -0.2) is 53.2 Å². The minimum Gasteiger partial charge on any atom is -0.489 e. The predicted octanol–water partition coefficient (Wildman–Crippen LogP) is 7.55. The molecule has 14 heteroatoms. The number of esters is 3. The zero-order valence-electron chi connectivity index (χ0n) is 33.4. The van der Waals surface area contributed by atoms with Crippen molar-refractivity contribution in [3.05, 3.63) is 135 Å². The third-order valence-corrected chi connectivity index (χ3v) is 7.90. The molecule has 0 spiro atoms. The summed E-state index contributed by atoms with van der Waals surface area (Å²) >= 11 is 0. The Morgan fingerprint density at radius 1 is 0.724 bits per heavy atom. The molecule has 0 aliphatic heterocycles. The number of non-ortho nitro benzene ring substituents is 1. The molecule has 4 rings (SSSR count). The first-order valence-electron chi connectivity index (χ1n) is 18.4. The fourth-order valence-corrected chi connectivity index (χ4v) is 5.41. The number of hydrogen-bond donors (Lipinski definition) is 1. The number of ether oxygens (including phenoxy) is 6. The molecular weight excluding hydrogens is 748 g/mol. The van der Waals surface area contributed by atoms with Crippen molar-refractivity contribution < 1.29 is 52.5 Å². The van der Waals surface area contributed by atoms with Crippen LogP contribution in [0.3, 0.4) is 0 Å². The van der Waals surface area contributed by atoms with Crippen LogP contribution in [0.2, 0.25) is 0 Å². The second-order valence-electron chi connectivity index (χ2n) is 15.0. The molecule has 1 unspecified atom stereocenters. The first-order valence-corrected chi connectivity index (χ1v) is 18.4. The fraction of sp³-hybridized carbons (Fsp3) is 0.318. The van der Waals surface area contributed by atoms with Crippen LogP contribution < -0.4 is 19.9 Å². The van der Waals surface area contributed by atoms with E-state index < -0.39 is 52.3 Å². The summed E-state index contributed by atoms with van der Waals surface area (Å²) in [4.78, 5) is 63.8. The van der Waals surface area contributed by atoms with Gasteiger partial charge in [-0.1, -0.05) is 72.8 Å². The Morgan fingerprint density at radius 2 is 1.33 bits per heavy atom. The van der Waals surface area contributed by atoms with Gasteiger partial charge in [-0.05, 0) is 70.9 Å². The number of benzene rings is 4. The lowest BCUT2D eigenvalue weighted by molar-refractivity contribution is -0.384. The smallest absolute Gasteiger partial charge is 0.342 e. The highest BCUT2D eigenvalue weighted by atomic mass is 16.6. The lowest BCUT2D eigenvalue weighted by Gasteiger charge is -2.26. The summed E-state index contributed by atoms with van der Waals surface area (Å²) < 4.78 is 34.8. The minimum atomic E-state index is -1.45. The molecule has 0 aliphatic rings. The Hall–Kier alpha value is -6.70. The van der Waals surface area contributed by atoms with Crippen LogP contribution in [0.15, 0.2) is 103 Å². The molecule has 0 radical (unpaired) electrons. The van der Waals surface area contributed by atoms with E-state index in [1.54, 1.807) is 84.0 Å². The topological polar surface area (TPSA) is 193 Å². The van der Waals surface area contributed by atoms with E-state index in [9.17, 15) is 29.3 Å². The second-order valence-corrected chi connectivity index (χ2v) is 15.0. The molecule has 0 saturated carbocycles. The Labute approximate surface area is 337 Å². The van der Waals surface area contributed by atoms with E-state index in [1.165, 1.54) is 18.2 Å². The van der Waals surface area contributed by atoms with Crippen molar-refractivity contribution in [2.24, 2.45) is 11.7 Å². The third-order valence-electron chi connectivity index (χ3n) is 7.90. The van der Waals surface area contributed by atoms with Crippen molar-refractivity contribution in [1.29, 1.82) is 0 Å². The predicted molar refractivity (Wildman–Crippen MR) is 214 cm³/mol. The highest BCUT2D eigenvalue weighted by Crippen LogP contribution is 2.36. The molecule has 0 fully saturated rings. The van der Waals surface area contributed by atoms with Gasteiger partial charge >= 0.3 is 17.9 Å². The van der Waals surface area contributed by atoms with Gasteiger partial charge in [-0.25, -0.2) is 4.79 Å². The van der Waals surface area contributed by atoms with Gasteiger partial charge in [-0.15, -0.1) is 0 Å². The van der Waals surface area contributed by atoms with Crippen molar-refractivity contribution in [3.63, 3.8) is 0 Å². The average Bonchev–Trinajstić information content (AvgIpc) is 3.15. The molecule has 4 aromatic carbocycles. The Morgan fingerprint density at radius 3 is 1.91 bits per heavy atom. The number of nitrogens with zero attached hydrogens (tertiary/aromatic N) is 1. The van der Waals surface area contributed by atoms with Crippen LogP contribution in [0.1, 0.15) is 75.0 Å². The standard InChI is InChI=1S/C44H48N2O12/c1-43(2,3)57-38(47)26-35(42(50)58-44(4,5)6)34(40(45)48)24-31-18-13-19-36(55-27-29-14-9-7-10-15-29)39(31)54-23-22-53-37-25-32(46(51)52)20-21-33(37)41(49)56-28-30-16-11-8-12-17-30/h7-21,24-25,35H,22-23,26-28H2,1-6H3,(H2,45,48)/b34-24+. The van der Waals surface area contributed by atoms with Crippen LogP contribution in [-0.2, 0) is 41.8 Å². The molecule has 0 saturated heterocycles. The summed E-state index contributed by atoms with van der Waals surface area (Å²) in [5.74, 6) is -4.59. The van der Waals surface area contributed by atoms with Gasteiger partial charge in [0.05, 0.1) is 23.3 Å². The first-order chi connectivity index (χ1) is 27.4. The van der Waals surface area contributed by atoms with Crippen molar-refractivity contribution in [3.8, 4) is 17.2 Å². The molecule has 58 heavy (non-hydrogen) atoms. The van der Waals surface area contributed by atoms with Gasteiger partial charge in [0, 0.05) is 17.2 Å². The molecule has 0 bridgehead atoms. The average molecular weight is 797 g/mol. The lowest BCUT2D eigenvalue weighted by Crippen LogP contribution is -2.35. The second kappa shape index (κ2) is 19.9. The SMILES string of the molecule is CC(C)(C)OC(=O)CC(C(=O)OC(C)(C)C)/C(=C\c1cccc(OCc2ccccc2)c1OCCOc1cc([N+](=O)[O-])ccc1C(=O)OCc1ccccc1)C(N)=O. The molecule has 0 heterocycles. The maximum absolute atomic E-state index is 13.6. The van der Waals surface area contributed by atoms with Crippen LogP contribution in [0.25, 0.3) is 6.08 Å². The van der Waals surface area contributed by atoms with Gasteiger partial charge < -0.3 is 34.2 Å². The van der Waals surface area contributed by atoms with Gasteiger partial charge in [0.2, 0.25) is 5.91 Å². The quantitative estimate of drug-likeness (QED) is 0.0260. The van der Waals surface area contributed by atoms with Gasteiger partial charge in [-0.2, -0.15) is 0 Å². The maximum Gasteiger partial charge on any atom is 0.342 e. The number of carbonyl (C=O) groups is 4. The number of amides is 1. The fourth-order valence-electron chi connectivity index (χ4n) is 5.41. The normalized spacial score (nSPS) is 12.1. The summed E-state index contributed by atoms with van der Waals surface area (Å²) in [6, 6.07) is 26.7. The van der Waals surface area contributed by atoms with E-state index >= 15 is 0 Å². The summed E-state index contributed by atoms with van der Waals surface area (Å²) in [7, 11) is 0. The van der Waals surface area contributed by atoms with Gasteiger partial charge in [-0.3, -0.25) is 24.5 Å². The highest BCUT2D eigenvalue weighted by molar-refractivity contribution is 6.03. The van der Waals surface area contributed by atoms with Crippen LogP contribution in [0, 0.1) is 16.0 Å². The summed E-state index contributed by atoms with van der Waals surface area (Å²) in [5.41, 5.74) is 5.26. The summed E-state index contributed by atoms with van der Waals surface area (Å²) in [6.45, 7) is 9.63. The van der Waals surface area contributed by atoms with E-state index in [0.29, 0.717) is 0 Å². The Kier molecular flexibility index (Phi) is 15.1. The minimum absolute atomic E-state index is 0.0326. The molecule has 1 atom stereocenters. The Bertz CT molecular complexity index is 2100. The van der Waals surface area contributed by atoms with E-state index in [-0.39, 0.29) is 66.1 Å². The molecule has 0 aliphatic carbocycles. The molecule has 2 N–H and O–H groups in total. The van der Waals surface area contributed by atoms with Crippen molar-refractivity contribution >= 4 is 35.6 Å². The van der Waals surface area contributed by atoms with E-state index in [4.69, 9.17) is 34.2 Å². The molecule has 0 aromatic heterocycles. The number of nitrogens with two attached hydrogens (primary N) is 1. The number of primary amides is 1. The zero-order chi connectivity index (χ0) is 42.5. The first kappa shape index (κ1) is 44.0. The number of para-hydroxylation sites is 1. The summed E-state index contributed by atoms with van der Waals surface area (Å²) in [6.07, 6.45) is 0.781. The van der Waals surface area contributed by atoms with E-state index in [1.807, 2.05) is 36.4 Å². The molecule has 1 amide bonds. The monoisotopic (exact) mass is 796 g/mol. The van der Waals surface area contributed by atoms with Crippen LogP contribution in [0.4, 0.5) is 5.69 Å². The molecule has 14 nitrogen and oxygen atoms in total. The van der Waals surface area contributed by atoms with Crippen molar-refractivity contribution in [2.75, 3.05) is 13.2 Å². The molecular formula is C44H48N2O12. The van der Waals surface area contributed by atoms with Crippen molar-refractivity contribution in [2.45, 2.75) is 72.4 Å². The van der Waals surface area contributed by atoms with Gasteiger partial charge in [0.1, 0.15) is 48.9 Å². The number of rotatable bonds is 18. The summed E-state index contributed by atoms with van der Waals surface area (Å²) in [5, 5.41) is 11.6. The number of hydrogen-bond acceptors (Lipinski definition) is 12. The number of nitro groups is 1. The lowest BCUT2D eigenvalue weighted by atomic mass is 9.92. The number of carbonyl (C=O) groups excluding carboxylic acids is 4. The van der Waals surface area contributed by atoms with E-state index in [0.717, 1.165) is 17.2 Å². The Balaban J connectivity index is 1.67. The number of nitro benzene ring substituents is 1. The molecule has 306 valence electrons. The maximum atomic E-state index is 13.6. The van der Waals surface area contributed by atoms with Gasteiger partial charge in [0.15, 0.2) is 11.5 Å². The van der Waals surface area contributed by atoms with E-state index in [2.05, 4.69) is 0 Å². The van der Waals surface area contributed by atoms with Crippen LogP contribution in [0.5, 0.6) is 17.2 Å². The third kappa shape index (κ3) is 13.8. The highest BCUT2D eigenvalue weighted by Gasteiger charge is 2.35.